The average molecular weight is 365 g/mol. The van der Waals surface area contributed by atoms with Crippen molar-refractivity contribution in [2.75, 3.05) is 11.9 Å². The van der Waals surface area contributed by atoms with Crippen LogP contribution in [-0.4, -0.2) is 34.2 Å². The molecule has 0 aromatic heterocycles. The maximum atomic E-state index is 11.4. The van der Waals surface area contributed by atoms with Crippen molar-refractivity contribution in [1.29, 1.82) is 0 Å². The second-order valence-corrected chi connectivity index (χ2v) is 7.13. The number of nitrogens with zero attached hydrogens (tertiary/aromatic N) is 1. The summed E-state index contributed by atoms with van der Waals surface area (Å²) in [5.41, 5.74) is -0.450. The Morgan fingerprint density at radius 3 is 2.65 bits per heavy atom. The van der Waals surface area contributed by atoms with Crippen LogP contribution in [0.2, 0.25) is 0 Å². The molecule has 8 heteroatoms. The molecule has 0 saturated carbocycles. The molecule has 0 saturated heterocycles. The van der Waals surface area contributed by atoms with E-state index in [2.05, 4.69) is 17.6 Å². The molecule has 1 unspecified atom stereocenters. The highest BCUT2D eigenvalue weighted by Gasteiger charge is 2.43. The first kappa shape index (κ1) is 20.1. The molecule has 2 rings (SSSR count). The van der Waals surface area contributed by atoms with E-state index >= 15 is 0 Å². The van der Waals surface area contributed by atoms with Gasteiger partial charge in [0, 0.05) is 12.5 Å². The summed E-state index contributed by atoms with van der Waals surface area (Å²) in [6, 6.07) is 2.39. The van der Waals surface area contributed by atoms with Gasteiger partial charge in [-0.15, -0.1) is 0 Å². The molecular formula is C18H27N3O5. The molecule has 26 heavy (non-hydrogen) atoms. The Hall–Kier alpha value is -2.19. The number of fused-ring (bicyclic) bond motifs is 1. The number of nitro benzene ring substituents is 1. The first-order valence-corrected chi connectivity index (χ1v) is 8.87. The molecule has 3 N–H and O–H groups in total. The number of anilines is 1. The van der Waals surface area contributed by atoms with Gasteiger partial charge in [-0.3, -0.25) is 14.9 Å². The van der Waals surface area contributed by atoms with E-state index < -0.39 is 28.6 Å². The number of amides is 1. The van der Waals surface area contributed by atoms with Gasteiger partial charge in [-0.25, -0.2) is 0 Å². The first-order chi connectivity index (χ1) is 12.2. The van der Waals surface area contributed by atoms with Crippen molar-refractivity contribution in [1.82, 2.24) is 5.32 Å². The second kappa shape index (κ2) is 8.01. The Morgan fingerprint density at radius 2 is 2.08 bits per heavy atom. The van der Waals surface area contributed by atoms with Gasteiger partial charge in [-0.1, -0.05) is 19.8 Å². The van der Waals surface area contributed by atoms with Crippen LogP contribution in [0.1, 0.15) is 58.6 Å². The number of unbranched alkanes of at least 4 members (excludes halogenated alkanes) is 2. The minimum absolute atomic E-state index is 0.0946. The van der Waals surface area contributed by atoms with Crippen molar-refractivity contribution in [3.05, 3.63) is 27.8 Å². The normalized spacial score (nSPS) is 20.8. The van der Waals surface area contributed by atoms with Gasteiger partial charge in [0.05, 0.1) is 17.0 Å². The molecule has 1 amide bonds. The van der Waals surface area contributed by atoms with Crippen LogP contribution < -0.4 is 15.4 Å². The summed E-state index contributed by atoms with van der Waals surface area (Å²) in [7, 11) is 0. The quantitative estimate of drug-likeness (QED) is 0.389. The van der Waals surface area contributed by atoms with Gasteiger partial charge in [0.15, 0.2) is 0 Å². The van der Waals surface area contributed by atoms with Gasteiger partial charge in [0.2, 0.25) is 5.91 Å². The van der Waals surface area contributed by atoms with Gasteiger partial charge in [0.25, 0.3) is 5.69 Å². The number of benzene rings is 1. The van der Waals surface area contributed by atoms with Crippen LogP contribution >= 0.6 is 0 Å². The number of aliphatic hydroxyl groups excluding tert-OH is 1. The van der Waals surface area contributed by atoms with Gasteiger partial charge in [0.1, 0.15) is 23.1 Å². The van der Waals surface area contributed by atoms with Crippen molar-refractivity contribution >= 4 is 17.3 Å². The number of ether oxygens (including phenoxy) is 1. The maximum absolute atomic E-state index is 11.4. The zero-order valence-corrected chi connectivity index (χ0v) is 15.7. The van der Waals surface area contributed by atoms with E-state index in [0.717, 1.165) is 19.3 Å². The summed E-state index contributed by atoms with van der Waals surface area (Å²) >= 11 is 0. The number of aliphatic hydroxyl groups is 1. The highest BCUT2D eigenvalue weighted by molar-refractivity contribution is 5.91. The number of rotatable bonds is 7. The standard InChI is InChI=1S/C18H27N3O5/c1-5-6-7-8-19-16-12-9-13(20-11(2)22)14(21(24)25)10-15(12)26-18(3,4)17(16)23/h9-10,16-17,19,23H,5-8H2,1-4H3,(H,20,22)/t16-,17?/m0/s1. The fourth-order valence-electron chi connectivity index (χ4n) is 3.13. The summed E-state index contributed by atoms with van der Waals surface area (Å²) in [5, 5.41) is 27.9. The highest BCUT2D eigenvalue weighted by atomic mass is 16.6. The van der Waals surface area contributed by atoms with Crippen molar-refractivity contribution in [3.8, 4) is 5.75 Å². The highest BCUT2D eigenvalue weighted by Crippen LogP contribution is 2.44. The Labute approximate surface area is 153 Å². The molecule has 0 radical (unpaired) electrons. The Bertz CT molecular complexity index is 690. The summed E-state index contributed by atoms with van der Waals surface area (Å²) in [6.45, 7) is 7.60. The molecule has 1 heterocycles. The third kappa shape index (κ3) is 4.31. The van der Waals surface area contributed by atoms with Crippen LogP contribution in [0.3, 0.4) is 0 Å². The average Bonchev–Trinajstić information content (AvgIpc) is 2.54. The van der Waals surface area contributed by atoms with E-state index in [0.29, 0.717) is 17.9 Å². The molecule has 0 aliphatic carbocycles. The van der Waals surface area contributed by atoms with Gasteiger partial charge < -0.3 is 20.5 Å². The number of hydrogen-bond donors (Lipinski definition) is 3. The lowest BCUT2D eigenvalue weighted by molar-refractivity contribution is -0.384. The topological polar surface area (TPSA) is 114 Å². The second-order valence-electron chi connectivity index (χ2n) is 7.13. The van der Waals surface area contributed by atoms with E-state index in [1.807, 2.05) is 0 Å². The number of hydrogen-bond acceptors (Lipinski definition) is 6. The molecule has 1 aliphatic heterocycles. The number of carbonyl (C=O) groups is 1. The van der Waals surface area contributed by atoms with Crippen LogP contribution in [0.15, 0.2) is 12.1 Å². The largest absolute Gasteiger partial charge is 0.484 e. The number of nitro groups is 1. The molecular weight excluding hydrogens is 338 g/mol. The lowest BCUT2D eigenvalue weighted by atomic mass is 9.86. The molecule has 0 spiro atoms. The van der Waals surface area contributed by atoms with Crippen LogP contribution in [0.25, 0.3) is 0 Å². The van der Waals surface area contributed by atoms with Crippen molar-refractivity contribution in [2.45, 2.75) is 64.7 Å². The Balaban J connectivity index is 2.45. The SMILES string of the molecule is CCCCCN[C@H]1c2cc(NC(C)=O)c([N+](=O)[O-])cc2OC(C)(C)C1O. The van der Waals surface area contributed by atoms with Crippen LogP contribution in [-0.2, 0) is 4.79 Å². The number of nitrogens with one attached hydrogen (secondary N) is 2. The maximum Gasteiger partial charge on any atom is 0.296 e. The monoisotopic (exact) mass is 365 g/mol. The minimum Gasteiger partial charge on any atom is -0.484 e. The minimum atomic E-state index is -0.904. The third-order valence-electron chi connectivity index (χ3n) is 4.52. The predicted molar refractivity (Wildman–Crippen MR) is 98.4 cm³/mol. The smallest absolute Gasteiger partial charge is 0.296 e. The first-order valence-electron chi connectivity index (χ1n) is 8.87. The molecule has 1 aliphatic rings. The molecule has 8 nitrogen and oxygen atoms in total. The molecule has 0 fully saturated rings. The van der Waals surface area contributed by atoms with Crippen molar-refractivity contribution in [3.63, 3.8) is 0 Å². The van der Waals surface area contributed by atoms with E-state index in [1.165, 1.54) is 19.1 Å². The van der Waals surface area contributed by atoms with Crippen LogP contribution in [0, 0.1) is 10.1 Å². The fourth-order valence-corrected chi connectivity index (χ4v) is 3.13. The van der Waals surface area contributed by atoms with Gasteiger partial charge >= 0.3 is 0 Å². The molecule has 0 bridgehead atoms. The lowest BCUT2D eigenvalue weighted by Crippen LogP contribution is -2.52. The van der Waals surface area contributed by atoms with Gasteiger partial charge in [-0.2, -0.15) is 0 Å². The van der Waals surface area contributed by atoms with Crippen molar-refractivity contribution < 1.29 is 19.6 Å². The van der Waals surface area contributed by atoms with E-state index in [-0.39, 0.29) is 11.4 Å². The summed E-state index contributed by atoms with van der Waals surface area (Å²) < 4.78 is 5.83. The summed E-state index contributed by atoms with van der Waals surface area (Å²) in [4.78, 5) is 22.2. The Kier molecular flexibility index (Phi) is 6.20. The van der Waals surface area contributed by atoms with E-state index in [9.17, 15) is 20.0 Å². The van der Waals surface area contributed by atoms with E-state index in [1.54, 1.807) is 13.8 Å². The number of carbonyl (C=O) groups excluding carboxylic acids is 1. The molecule has 1 aromatic carbocycles. The fraction of sp³-hybridized carbons (Fsp3) is 0.611. The van der Waals surface area contributed by atoms with E-state index in [4.69, 9.17) is 4.74 Å². The molecule has 1 aromatic rings. The summed E-state index contributed by atoms with van der Waals surface area (Å²) in [6.07, 6.45) is 2.27. The van der Waals surface area contributed by atoms with Crippen LogP contribution in [0.5, 0.6) is 5.75 Å². The third-order valence-corrected chi connectivity index (χ3v) is 4.52. The summed E-state index contributed by atoms with van der Waals surface area (Å²) in [5.74, 6) is -0.0628. The molecule has 2 atom stereocenters. The van der Waals surface area contributed by atoms with Crippen LogP contribution in [0.4, 0.5) is 11.4 Å². The Morgan fingerprint density at radius 1 is 1.38 bits per heavy atom. The van der Waals surface area contributed by atoms with Gasteiger partial charge in [-0.05, 0) is 32.9 Å². The lowest BCUT2D eigenvalue weighted by Gasteiger charge is -2.42. The van der Waals surface area contributed by atoms with Crippen molar-refractivity contribution in [2.24, 2.45) is 0 Å². The zero-order valence-electron chi connectivity index (χ0n) is 15.7. The molecule has 144 valence electrons. The zero-order chi connectivity index (χ0) is 19.5. The predicted octanol–water partition coefficient (Wildman–Crippen LogP) is 2.91.